The maximum atomic E-state index is 4.58. The Morgan fingerprint density at radius 3 is 1.74 bits per heavy atom. The Kier molecular flexibility index (Phi) is 6.79. The summed E-state index contributed by atoms with van der Waals surface area (Å²) in [5, 5.41) is 7.45. The normalized spacial score (nSPS) is 10.6. The minimum atomic E-state index is -0.527. The summed E-state index contributed by atoms with van der Waals surface area (Å²) in [6.07, 6.45) is 0.902. The first kappa shape index (κ1) is 19.8. The second kappa shape index (κ2) is 9.28. The van der Waals surface area contributed by atoms with Crippen LogP contribution in [0.1, 0.15) is 16.3 Å². The number of thiazole rings is 1. The van der Waals surface area contributed by atoms with Gasteiger partial charge >= 0.3 is 0 Å². The fourth-order valence-corrected chi connectivity index (χ4v) is 5.96. The molecule has 0 amide bonds. The number of rotatable bonds is 5. The van der Waals surface area contributed by atoms with E-state index in [0.29, 0.717) is 0 Å². The van der Waals surface area contributed by atoms with Gasteiger partial charge in [0.05, 0.1) is 10.7 Å². The molecular weight excluding hydrogens is 389 g/mol. The van der Waals surface area contributed by atoms with Gasteiger partial charge in [-0.1, -0.05) is 84.9 Å². The van der Waals surface area contributed by atoms with Crippen LogP contribution in [0, 0.1) is 6.92 Å². The molecule has 0 bridgehead atoms. The molecule has 3 aromatic carbocycles. The summed E-state index contributed by atoms with van der Waals surface area (Å²) in [5.74, 6) is 0. The van der Waals surface area contributed by atoms with Gasteiger partial charge < -0.3 is 0 Å². The van der Waals surface area contributed by atoms with Crippen LogP contribution in [0.3, 0.4) is 0 Å². The minimum absolute atomic E-state index is 0. The van der Waals surface area contributed by atoms with Crippen LogP contribution in [-0.2, 0) is 6.42 Å². The first-order chi connectivity index (χ1) is 12.8. The lowest BCUT2D eigenvalue weighted by Gasteiger charge is -2.19. The monoisotopic (exact) mass is 409 g/mol. The topological polar surface area (TPSA) is 12.9 Å². The molecule has 0 aliphatic rings. The number of halogens is 1. The van der Waals surface area contributed by atoms with Crippen molar-refractivity contribution in [2.45, 2.75) is 13.3 Å². The molecule has 0 fully saturated rings. The molecule has 0 atom stereocenters. The van der Waals surface area contributed by atoms with E-state index >= 15 is 0 Å². The molecule has 4 heteroatoms. The quantitative estimate of drug-likeness (QED) is 0.412. The summed E-state index contributed by atoms with van der Waals surface area (Å²) in [6, 6.07) is 30.8. The third kappa shape index (κ3) is 4.84. The average Bonchev–Trinajstić information content (AvgIpc) is 3.10. The van der Waals surface area contributed by atoms with Crippen molar-refractivity contribution in [1.82, 2.24) is 4.98 Å². The lowest BCUT2D eigenvalue weighted by atomic mass is 10.1. The van der Waals surface area contributed by atoms with Crippen molar-refractivity contribution >= 4 is 47.6 Å². The molecule has 0 saturated heterocycles. The van der Waals surface area contributed by atoms with Crippen molar-refractivity contribution in [3.05, 3.63) is 107 Å². The van der Waals surface area contributed by atoms with Gasteiger partial charge in [0.1, 0.15) is 0 Å². The largest absolute Gasteiger partial charge is 0.246 e. The second-order valence-electron chi connectivity index (χ2n) is 6.21. The summed E-state index contributed by atoms with van der Waals surface area (Å²) in [4.78, 5) is 4.58. The fraction of sp³-hybridized carbons (Fsp3) is 0.0870. The first-order valence-corrected chi connectivity index (χ1v) is 10.9. The van der Waals surface area contributed by atoms with Gasteiger partial charge in [-0.2, -0.15) is 0 Å². The molecule has 4 rings (SSSR count). The maximum Gasteiger partial charge on any atom is 0.0897 e. The summed E-state index contributed by atoms with van der Waals surface area (Å²) in [5.41, 5.74) is 2.48. The highest BCUT2D eigenvalue weighted by molar-refractivity contribution is 7.79. The lowest BCUT2D eigenvalue weighted by molar-refractivity contribution is 1.08. The standard InChI is InChI=1S/C23H20NPS.ClH/c1-18-24-20(17-26-18)16-19-12-14-23(15-13-19)25(21-8-4-2-5-9-21)22-10-6-3-7-11-22;/h2-15,17H,16H2,1H3;1H. The third-order valence-electron chi connectivity index (χ3n) is 4.28. The summed E-state index contributed by atoms with van der Waals surface area (Å²) < 4.78 is 0. The molecule has 27 heavy (non-hydrogen) atoms. The third-order valence-corrected chi connectivity index (χ3v) is 7.54. The van der Waals surface area contributed by atoms with E-state index in [4.69, 9.17) is 0 Å². The van der Waals surface area contributed by atoms with Crippen molar-refractivity contribution in [2.75, 3.05) is 0 Å². The highest BCUT2D eigenvalue weighted by atomic mass is 35.5. The number of benzene rings is 3. The zero-order valence-electron chi connectivity index (χ0n) is 15.1. The number of hydrogen-bond acceptors (Lipinski definition) is 2. The Labute approximate surface area is 172 Å². The van der Waals surface area contributed by atoms with Crippen molar-refractivity contribution in [1.29, 1.82) is 0 Å². The Hall–Kier alpha value is -1.99. The van der Waals surface area contributed by atoms with Gasteiger partial charge in [0, 0.05) is 11.8 Å². The SMILES string of the molecule is Cc1nc(Cc2ccc(P(c3ccccc3)c3ccccc3)cc2)cs1.Cl. The molecule has 0 aliphatic heterocycles. The molecule has 0 unspecified atom stereocenters. The Morgan fingerprint density at radius 1 is 0.741 bits per heavy atom. The zero-order valence-corrected chi connectivity index (χ0v) is 17.6. The summed E-state index contributed by atoms with van der Waals surface area (Å²) >= 11 is 1.72. The van der Waals surface area contributed by atoms with Gasteiger partial charge in [0.25, 0.3) is 0 Å². The summed E-state index contributed by atoms with van der Waals surface area (Å²) in [7, 11) is -0.527. The van der Waals surface area contributed by atoms with E-state index in [9.17, 15) is 0 Å². The second-order valence-corrected chi connectivity index (χ2v) is 9.49. The molecule has 0 saturated carbocycles. The van der Waals surface area contributed by atoms with Gasteiger partial charge in [-0.15, -0.1) is 23.7 Å². The first-order valence-electron chi connectivity index (χ1n) is 8.70. The predicted molar refractivity (Wildman–Crippen MR) is 122 cm³/mol. The van der Waals surface area contributed by atoms with E-state index in [2.05, 4.69) is 102 Å². The van der Waals surface area contributed by atoms with Crippen LogP contribution in [0.25, 0.3) is 0 Å². The van der Waals surface area contributed by atoms with E-state index in [1.54, 1.807) is 11.3 Å². The number of aryl methyl sites for hydroxylation is 1. The van der Waals surface area contributed by atoms with Crippen molar-refractivity contribution in [3.63, 3.8) is 0 Å². The maximum absolute atomic E-state index is 4.58. The lowest BCUT2D eigenvalue weighted by Crippen LogP contribution is -2.20. The predicted octanol–water partition coefficient (Wildman–Crippen LogP) is 5.22. The molecular formula is C23H21ClNPS. The highest BCUT2D eigenvalue weighted by Gasteiger charge is 2.15. The van der Waals surface area contributed by atoms with Crippen LogP contribution >= 0.6 is 31.7 Å². The molecule has 0 radical (unpaired) electrons. The van der Waals surface area contributed by atoms with Crippen LogP contribution in [0.15, 0.2) is 90.3 Å². The number of hydrogen-bond donors (Lipinski definition) is 0. The van der Waals surface area contributed by atoms with Crippen LogP contribution < -0.4 is 15.9 Å². The molecule has 4 aromatic rings. The van der Waals surface area contributed by atoms with Gasteiger partial charge in [-0.25, -0.2) is 4.98 Å². The van der Waals surface area contributed by atoms with Gasteiger partial charge in [-0.05, 0) is 36.3 Å². The Balaban J connectivity index is 0.00000210. The Bertz CT molecular complexity index is 929. The van der Waals surface area contributed by atoms with Crippen LogP contribution in [0.5, 0.6) is 0 Å². The molecule has 1 aromatic heterocycles. The fourth-order valence-electron chi connectivity index (χ4n) is 3.06. The van der Waals surface area contributed by atoms with Crippen molar-refractivity contribution < 1.29 is 0 Å². The van der Waals surface area contributed by atoms with E-state index in [-0.39, 0.29) is 12.4 Å². The summed E-state index contributed by atoms with van der Waals surface area (Å²) in [6.45, 7) is 2.06. The molecule has 136 valence electrons. The number of nitrogens with zero attached hydrogens (tertiary/aromatic N) is 1. The van der Waals surface area contributed by atoms with E-state index in [0.717, 1.165) is 17.1 Å². The van der Waals surface area contributed by atoms with E-state index in [1.165, 1.54) is 21.5 Å². The zero-order chi connectivity index (χ0) is 17.8. The minimum Gasteiger partial charge on any atom is -0.246 e. The van der Waals surface area contributed by atoms with Gasteiger partial charge in [-0.3, -0.25) is 0 Å². The average molecular weight is 410 g/mol. The van der Waals surface area contributed by atoms with Crippen LogP contribution in [-0.4, -0.2) is 4.98 Å². The number of aromatic nitrogens is 1. The van der Waals surface area contributed by atoms with Gasteiger partial charge in [0.15, 0.2) is 0 Å². The smallest absolute Gasteiger partial charge is 0.0897 e. The molecule has 1 heterocycles. The molecule has 0 spiro atoms. The molecule has 0 aliphatic carbocycles. The highest BCUT2D eigenvalue weighted by Crippen LogP contribution is 2.32. The van der Waals surface area contributed by atoms with Gasteiger partial charge in [0.2, 0.25) is 0 Å². The van der Waals surface area contributed by atoms with Crippen LogP contribution in [0.4, 0.5) is 0 Å². The molecule has 0 N–H and O–H groups in total. The Morgan fingerprint density at radius 2 is 1.26 bits per heavy atom. The van der Waals surface area contributed by atoms with E-state index in [1.807, 2.05) is 0 Å². The van der Waals surface area contributed by atoms with Crippen LogP contribution in [0.2, 0.25) is 0 Å². The van der Waals surface area contributed by atoms with Crippen molar-refractivity contribution in [3.8, 4) is 0 Å². The molecule has 1 nitrogen and oxygen atoms in total. The van der Waals surface area contributed by atoms with E-state index < -0.39 is 7.92 Å². The van der Waals surface area contributed by atoms with Crippen molar-refractivity contribution in [2.24, 2.45) is 0 Å².